The standard InChI is InChI=1S/C14H20F2N2O2S/c1-10-4-2-3-7-14(10,9-17)18-21(19,20)13-6-5-11(15)8-12(13)16/h5-6,8,10,18H,2-4,7,9,17H2,1H3. The van der Waals surface area contributed by atoms with Gasteiger partial charge in [-0.1, -0.05) is 19.8 Å². The third-order valence-corrected chi connectivity index (χ3v) is 5.92. The lowest BCUT2D eigenvalue weighted by molar-refractivity contribution is 0.191. The number of nitrogens with two attached hydrogens (primary N) is 1. The molecule has 118 valence electrons. The molecule has 3 N–H and O–H groups in total. The number of sulfonamides is 1. The van der Waals surface area contributed by atoms with Crippen molar-refractivity contribution in [3.8, 4) is 0 Å². The van der Waals surface area contributed by atoms with Crippen LogP contribution in [0.2, 0.25) is 0 Å². The van der Waals surface area contributed by atoms with Crippen molar-refractivity contribution in [2.24, 2.45) is 11.7 Å². The molecule has 1 saturated carbocycles. The lowest BCUT2D eigenvalue weighted by Gasteiger charge is -2.42. The molecule has 2 rings (SSSR count). The Hall–Kier alpha value is -1.05. The Morgan fingerprint density at radius 2 is 2.10 bits per heavy atom. The van der Waals surface area contributed by atoms with Crippen LogP contribution in [-0.4, -0.2) is 20.5 Å². The average Bonchev–Trinajstić information content (AvgIpc) is 2.40. The number of hydrogen-bond acceptors (Lipinski definition) is 3. The molecule has 7 heteroatoms. The smallest absolute Gasteiger partial charge is 0.244 e. The van der Waals surface area contributed by atoms with Crippen molar-refractivity contribution in [1.29, 1.82) is 0 Å². The lowest BCUT2D eigenvalue weighted by Crippen LogP contribution is -2.59. The molecule has 0 spiro atoms. The van der Waals surface area contributed by atoms with E-state index in [2.05, 4.69) is 4.72 Å². The molecule has 2 unspecified atom stereocenters. The zero-order valence-electron chi connectivity index (χ0n) is 11.9. The first-order valence-corrected chi connectivity index (χ1v) is 8.48. The van der Waals surface area contributed by atoms with Crippen LogP contribution in [0.15, 0.2) is 23.1 Å². The van der Waals surface area contributed by atoms with E-state index >= 15 is 0 Å². The molecular weight excluding hydrogens is 298 g/mol. The van der Waals surface area contributed by atoms with Crippen molar-refractivity contribution < 1.29 is 17.2 Å². The summed E-state index contributed by atoms with van der Waals surface area (Å²) in [6.45, 7) is 2.09. The predicted molar refractivity (Wildman–Crippen MR) is 76.1 cm³/mol. The first-order valence-electron chi connectivity index (χ1n) is 7.00. The zero-order chi connectivity index (χ0) is 15.7. The molecule has 0 saturated heterocycles. The van der Waals surface area contributed by atoms with Crippen LogP contribution in [0.5, 0.6) is 0 Å². The van der Waals surface area contributed by atoms with E-state index in [0.29, 0.717) is 12.5 Å². The van der Waals surface area contributed by atoms with Crippen LogP contribution in [0.25, 0.3) is 0 Å². The van der Waals surface area contributed by atoms with Gasteiger partial charge in [0.25, 0.3) is 0 Å². The molecule has 0 radical (unpaired) electrons. The monoisotopic (exact) mass is 318 g/mol. The maximum absolute atomic E-state index is 13.7. The summed E-state index contributed by atoms with van der Waals surface area (Å²) < 4.78 is 54.1. The van der Waals surface area contributed by atoms with Gasteiger partial charge in [0.1, 0.15) is 16.5 Å². The predicted octanol–water partition coefficient (Wildman–Crippen LogP) is 2.15. The molecule has 0 aromatic heterocycles. The van der Waals surface area contributed by atoms with Crippen molar-refractivity contribution in [2.75, 3.05) is 6.54 Å². The normalized spacial score (nSPS) is 26.8. The Bertz CT molecular complexity index is 621. The topological polar surface area (TPSA) is 72.2 Å². The summed E-state index contributed by atoms with van der Waals surface area (Å²) in [7, 11) is -4.08. The first-order chi connectivity index (χ1) is 9.81. The quantitative estimate of drug-likeness (QED) is 0.893. The van der Waals surface area contributed by atoms with E-state index in [4.69, 9.17) is 5.73 Å². The van der Waals surface area contributed by atoms with Crippen molar-refractivity contribution in [3.63, 3.8) is 0 Å². The SMILES string of the molecule is CC1CCCCC1(CN)NS(=O)(=O)c1ccc(F)cc1F. The van der Waals surface area contributed by atoms with E-state index in [-0.39, 0.29) is 12.5 Å². The van der Waals surface area contributed by atoms with Crippen LogP contribution in [0.1, 0.15) is 32.6 Å². The molecule has 0 aliphatic heterocycles. The van der Waals surface area contributed by atoms with E-state index in [1.165, 1.54) is 0 Å². The molecular formula is C14H20F2N2O2S. The second-order valence-electron chi connectivity index (χ2n) is 5.69. The van der Waals surface area contributed by atoms with Gasteiger partial charge in [0.2, 0.25) is 10.0 Å². The molecule has 0 amide bonds. The maximum Gasteiger partial charge on any atom is 0.244 e. The molecule has 1 aliphatic rings. The highest BCUT2D eigenvalue weighted by Gasteiger charge is 2.41. The van der Waals surface area contributed by atoms with Gasteiger partial charge in [-0.15, -0.1) is 0 Å². The van der Waals surface area contributed by atoms with Gasteiger partial charge in [0, 0.05) is 18.2 Å². The number of hydrogen-bond donors (Lipinski definition) is 2. The van der Waals surface area contributed by atoms with Gasteiger partial charge in [-0.3, -0.25) is 0 Å². The second kappa shape index (κ2) is 5.98. The van der Waals surface area contributed by atoms with Crippen LogP contribution >= 0.6 is 0 Å². The molecule has 21 heavy (non-hydrogen) atoms. The molecule has 1 aromatic rings. The van der Waals surface area contributed by atoms with E-state index in [9.17, 15) is 17.2 Å². The molecule has 1 fully saturated rings. The van der Waals surface area contributed by atoms with Gasteiger partial charge >= 0.3 is 0 Å². The third kappa shape index (κ3) is 3.25. The molecule has 4 nitrogen and oxygen atoms in total. The van der Waals surface area contributed by atoms with Gasteiger partial charge in [-0.2, -0.15) is 0 Å². The number of nitrogens with one attached hydrogen (secondary N) is 1. The molecule has 1 aliphatic carbocycles. The number of benzene rings is 1. The molecule has 0 heterocycles. The van der Waals surface area contributed by atoms with Gasteiger partial charge in [-0.25, -0.2) is 21.9 Å². The highest BCUT2D eigenvalue weighted by Crippen LogP contribution is 2.34. The Kier molecular flexibility index (Phi) is 4.65. The van der Waals surface area contributed by atoms with Gasteiger partial charge in [0.05, 0.1) is 0 Å². The van der Waals surface area contributed by atoms with Crippen LogP contribution < -0.4 is 10.5 Å². The molecule has 1 aromatic carbocycles. The fourth-order valence-electron chi connectivity index (χ4n) is 2.93. The summed E-state index contributed by atoms with van der Waals surface area (Å²) in [4.78, 5) is -0.547. The minimum Gasteiger partial charge on any atom is -0.329 e. The summed E-state index contributed by atoms with van der Waals surface area (Å²) in [6.07, 6.45) is 3.38. The fourth-order valence-corrected chi connectivity index (χ4v) is 4.52. The van der Waals surface area contributed by atoms with E-state index < -0.39 is 32.1 Å². The van der Waals surface area contributed by atoms with Crippen LogP contribution in [0.4, 0.5) is 8.78 Å². The third-order valence-electron chi connectivity index (χ3n) is 4.34. The highest BCUT2D eigenvalue weighted by molar-refractivity contribution is 7.89. The van der Waals surface area contributed by atoms with Crippen molar-refractivity contribution >= 4 is 10.0 Å². The Morgan fingerprint density at radius 3 is 2.67 bits per heavy atom. The van der Waals surface area contributed by atoms with Crippen LogP contribution in [0.3, 0.4) is 0 Å². The van der Waals surface area contributed by atoms with Crippen LogP contribution in [-0.2, 0) is 10.0 Å². The van der Waals surface area contributed by atoms with E-state index in [0.717, 1.165) is 31.4 Å². The number of rotatable bonds is 4. The van der Waals surface area contributed by atoms with Crippen molar-refractivity contribution in [1.82, 2.24) is 4.72 Å². The minimum absolute atomic E-state index is 0.0644. The van der Waals surface area contributed by atoms with Crippen molar-refractivity contribution in [3.05, 3.63) is 29.8 Å². The summed E-state index contributed by atoms with van der Waals surface area (Å²) in [5.41, 5.74) is 5.03. The second-order valence-corrected chi connectivity index (χ2v) is 7.34. The average molecular weight is 318 g/mol. The largest absolute Gasteiger partial charge is 0.329 e. The lowest BCUT2D eigenvalue weighted by atomic mass is 9.74. The van der Waals surface area contributed by atoms with Crippen LogP contribution in [0, 0.1) is 17.6 Å². The Balaban J connectivity index is 2.35. The van der Waals surface area contributed by atoms with Gasteiger partial charge < -0.3 is 5.73 Å². The summed E-state index contributed by atoms with van der Waals surface area (Å²) >= 11 is 0. The molecule has 0 bridgehead atoms. The highest BCUT2D eigenvalue weighted by atomic mass is 32.2. The zero-order valence-corrected chi connectivity index (χ0v) is 12.7. The fraction of sp³-hybridized carbons (Fsp3) is 0.571. The van der Waals surface area contributed by atoms with Gasteiger partial charge in [-0.05, 0) is 30.9 Å². The Labute approximate surface area is 123 Å². The maximum atomic E-state index is 13.7. The summed E-state index contributed by atoms with van der Waals surface area (Å²) in [5, 5.41) is 0. The van der Waals surface area contributed by atoms with Crippen molar-refractivity contribution in [2.45, 2.75) is 43.0 Å². The first kappa shape index (κ1) is 16.3. The minimum atomic E-state index is -4.08. The van der Waals surface area contributed by atoms with E-state index in [1.54, 1.807) is 0 Å². The van der Waals surface area contributed by atoms with E-state index in [1.807, 2.05) is 6.92 Å². The Morgan fingerprint density at radius 1 is 1.38 bits per heavy atom. The number of halogens is 2. The van der Waals surface area contributed by atoms with Gasteiger partial charge in [0.15, 0.2) is 0 Å². The summed E-state index contributed by atoms with van der Waals surface area (Å²) in [5.74, 6) is -1.85. The molecule has 2 atom stereocenters. The summed E-state index contributed by atoms with van der Waals surface area (Å²) in [6, 6.07) is 2.43.